The Kier molecular flexibility index (Phi) is 6.38. The molecule has 1 amide bonds. The first-order valence-corrected chi connectivity index (χ1v) is 11.5. The summed E-state index contributed by atoms with van der Waals surface area (Å²) in [5.74, 6) is -0.419. The SMILES string of the molecule is Cc1ccc(C)c(NC(=O)Cn2c(C)cc(C)c(S(=O)(=O)c3ccc(Cl)cc3)c2=O)c1. The van der Waals surface area contributed by atoms with Gasteiger partial charge in [0.15, 0.2) is 0 Å². The molecule has 0 saturated heterocycles. The predicted molar refractivity (Wildman–Crippen MR) is 122 cm³/mol. The van der Waals surface area contributed by atoms with Crippen LogP contribution >= 0.6 is 11.6 Å². The van der Waals surface area contributed by atoms with E-state index < -0.39 is 21.3 Å². The Morgan fingerprint density at radius 1 is 0.968 bits per heavy atom. The maximum Gasteiger partial charge on any atom is 0.270 e. The van der Waals surface area contributed by atoms with Gasteiger partial charge in [-0.2, -0.15) is 0 Å². The zero-order valence-electron chi connectivity index (χ0n) is 17.7. The van der Waals surface area contributed by atoms with Gasteiger partial charge in [0.2, 0.25) is 15.7 Å². The average Bonchev–Trinajstić information content (AvgIpc) is 2.68. The van der Waals surface area contributed by atoms with Gasteiger partial charge in [-0.15, -0.1) is 0 Å². The Hall–Kier alpha value is -2.90. The number of carbonyl (C=O) groups is 1. The number of pyridine rings is 1. The highest BCUT2D eigenvalue weighted by molar-refractivity contribution is 7.91. The lowest BCUT2D eigenvalue weighted by Gasteiger charge is -2.15. The molecule has 0 atom stereocenters. The van der Waals surface area contributed by atoms with Crippen molar-refractivity contribution in [1.82, 2.24) is 4.57 Å². The predicted octanol–water partition coefficient (Wildman–Crippen LogP) is 4.21. The molecule has 3 aromatic rings. The number of aromatic nitrogens is 1. The zero-order valence-corrected chi connectivity index (χ0v) is 19.3. The average molecular weight is 459 g/mol. The third kappa shape index (κ3) is 4.73. The van der Waals surface area contributed by atoms with Crippen LogP contribution in [0.2, 0.25) is 5.02 Å². The van der Waals surface area contributed by atoms with Crippen molar-refractivity contribution < 1.29 is 13.2 Å². The van der Waals surface area contributed by atoms with Gasteiger partial charge in [0.1, 0.15) is 11.4 Å². The van der Waals surface area contributed by atoms with Gasteiger partial charge < -0.3 is 9.88 Å². The summed E-state index contributed by atoms with van der Waals surface area (Å²) < 4.78 is 27.5. The molecular weight excluding hydrogens is 436 g/mol. The number of benzene rings is 2. The maximum absolute atomic E-state index is 13.2. The van der Waals surface area contributed by atoms with Gasteiger partial charge >= 0.3 is 0 Å². The fourth-order valence-corrected chi connectivity index (χ4v) is 5.05. The lowest BCUT2D eigenvalue weighted by Crippen LogP contribution is -2.33. The summed E-state index contributed by atoms with van der Waals surface area (Å²) in [6.45, 7) is 6.71. The van der Waals surface area contributed by atoms with Gasteiger partial charge in [-0.3, -0.25) is 9.59 Å². The van der Waals surface area contributed by atoms with Crippen molar-refractivity contribution in [2.24, 2.45) is 0 Å². The number of nitrogens with one attached hydrogen (secondary N) is 1. The highest BCUT2D eigenvalue weighted by Crippen LogP contribution is 2.23. The first-order chi connectivity index (χ1) is 14.5. The van der Waals surface area contributed by atoms with Gasteiger partial charge in [0.05, 0.1) is 4.90 Å². The van der Waals surface area contributed by atoms with E-state index in [-0.39, 0.29) is 16.3 Å². The summed E-state index contributed by atoms with van der Waals surface area (Å²) in [7, 11) is -4.09. The molecule has 0 saturated carbocycles. The van der Waals surface area contributed by atoms with E-state index in [0.29, 0.717) is 22.0 Å². The first kappa shape index (κ1) is 22.8. The number of halogens is 1. The van der Waals surface area contributed by atoms with E-state index in [1.165, 1.54) is 28.8 Å². The van der Waals surface area contributed by atoms with Crippen molar-refractivity contribution in [1.29, 1.82) is 0 Å². The van der Waals surface area contributed by atoms with E-state index in [1.54, 1.807) is 19.9 Å². The summed E-state index contributed by atoms with van der Waals surface area (Å²) in [6.07, 6.45) is 0. The van der Waals surface area contributed by atoms with Crippen molar-refractivity contribution >= 4 is 33.0 Å². The van der Waals surface area contributed by atoms with Crippen LogP contribution in [0.4, 0.5) is 5.69 Å². The minimum Gasteiger partial charge on any atom is -0.324 e. The molecule has 6 nitrogen and oxygen atoms in total. The number of anilines is 1. The normalized spacial score (nSPS) is 11.4. The highest BCUT2D eigenvalue weighted by Gasteiger charge is 2.26. The number of hydrogen-bond acceptors (Lipinski definition) is 4. The number of nitrogens with zero attached hydrogens (tertiary/aromatic N) is 1. The fourth-order valence-electron chi connectivity index (χ4n) is 3.37. The van der Waals surface area contributed by atoms with Crippen molar-refractivity contribution in [3.8, 4) is 0 Å². The molecule has 0 aliphatic rings. The molecule has 162 valence electrons. The molecule has 8 heteroatoms. The van der Waals surface area contributed by atoms with E-state index in [1.807, 2.05) is 32.0 Å². The molecule has 0 bridgehead atoms. The van der Waals surface area contributed by atoms with Gasteiger partial charge in [-0.05, 0) is 80.8 Å². The monoisotopic (exact) mass is 458 g/mol. The van der Waals surface area contributed by atoms with Crippen molar-refractivity contribution in [3.63, 3.8) is 0 Å². The number of aryl methyl sites for hydroxylation is 4. The number of amides is 1. The Labute approximate surface area is 186 Å². The molecule has 31 heavy (non-hydrogen) atoms. The maximum atomic E-state index is 13.2. The minimum absolute atomic E-state index is 0.0349. The van der Waals surface area contributed by atoms with Crippen LogP contribution < -0.4 is 10.9 Å². The summed E-state index contributed by atoms with van der Waals surface area (Å²) >= 11 is 5.86. The van der Waals surface area contributed by atoms with Crippen LogP contribution in [0.1, 0.15) is 22.4 Å². The van der Waals surface area contributed by atoms with Crippen LogP contribution in [0.25, 0.3) is 0 Å². The molecule has 0 fully saturated rings. The molecule has 0 radical (unpaired) electrons. The second kappa shape index (κ2) is 8.69. The van der Waals surface area contributed by atoms with Crippen LogP contribution in [0.3, 0.4) is 0 Å². The third-order valence-electron chi connectivity index (χ3n) is 5.01. The molecule has 1 heterocycles. The van der Waals surface area contributed by atoms with Crippen LogP contribution in [0.5, 0.6) is 0 Å². The summed E-state index contributed by atoms with van der Waals surface area (Å²) in [5.41, 5.74) is 2.61. The third-order valence-corrected chi connectivity index (χ3v) is 7.19. The number of rotatable bonds is 5. The van der Waals surface area contributed by atoms with Gasteiger partial charge in [0.25, 0.3) is 5.56 Å². The minimum atomic E-state index is -4.09. The van der Waals surface area contributed by atoms with E-state index in [4.69, 9.17) is 11.6 Å². The number of hydrogen-bond donors (Lipinski definition) is 1. The van der Waals surface area contributed by atoms with E-state index in [0.717, 1.165) is 11.1 Å². The molecule has 1 aromatic heterocycles. The largest absolute Gasteiger partial charge is 0.324 e. The molecular formula is C23H23ClN2O4S. The Balaban J connectivity index is 2.01. The number of sulfone groups is 1. The molecule has 2 aromatic carbocycles. The summed E-state index contributed by atoms with van der Waals surface area (Å²) in [4.78, 5) is 25.5. The molecule has 0 spiro atoms. The van der Waals surface area contributed by atoms with E-state index >= 15 is 0 Å². The molecule has 1 N–H and O–H groups in total. The lowest BCUT2D eigenvalue weighted by atomic mass is 10.1. The van der Waals surface area contributed by atoms with Crippen LogP contribution in [0, 0.1) is 27.7 Å². The van der Waals surface area contributed by atoms with Gasteiger partial charge in [-0.1, -0.05) is 23.7 Å². The molecule has 3 rings (SSSR count). The van der Waals surface area contributed by atoms with E-state index in [2.05, 4.69) is 5.32 Å². The summed E-state index contributed by atoms with van der Waals surface area (Å²) in [6, 6.07) is 12.9. The van der Waals surface area contributed by atoms with Crippen LogP contribution in [-0.4, -0.2) is 18.9 Å². The van der Waals surface area contributed by atoms with Crippen molar-refractivity contribution in [2.45, 2.75) is 44.0 Å². The van der Waals surface area contributed by atoms with Crippen LogP contribution in [-0.2, 0) is 21.2 Å². The Bertz CT molecular complexity index is 1330. The van der Waals surface area contributed by atoms with Gasteiger partial charge in [-0.25, -0.2) is 8.42 Å². The smallest absolute Gasteiger partial charge is 0.270 e. The Morgan fingerprint density at radius 3 is 2.26 bits per heavy atom. The zero-order chi connectivity index (χ0) is 22.9. The fraction of sp³-hybridized carbons (Fsp3) is 0.217. The topological polar surface area (TPSA) is 85.2 Å². The standard InChI is InChI=1S/C23H23ClN2O4S/c1-14-5-6-15(2)20(11-14)25-21(27)13-26-17(4)12-16(3)22(23(26)28)31(29,30)19-9-7-18(24)8-10-19/h5-12H,13H2,1-4H3,(H,25,27). The second-order valence-corrected chi connectivity index (χ2v) is 9.84. The summed E-state index contributed by atoms with van der Waals surface area (Å²) in [5, 5.41) is 3.19. The first-order valence-electron chi connectivity index (χ1n) is 9.59. The van der Waals surface area contributed by atoms with E-state index in [9.17, 15) is 18.0 Å². The molecule has 0 aliphatic heterocycles. The Morgan fingerprint density at radius 2 is 1.61 bits per heavy atom. The quantitative estimate of drug-likeness (QED) is 0.620. The van der Waals surface area contributed by atoms with Crippen LogP contribution in [0.15, 0.2) is 63.1 Å². The van der Waals surface area contributed by atoms with Crippen molar-refractivity contribution in [2.75, 3.05) is 5.32 Å². The molecule has 0 aliphatic carbocycles. The van der Waals surface area contributed by atoms with Crippen molar-refractivity contribution in [3.05, 3.63) is 86.3 Å². The molecule has 0 unspecified atom stereocenters. The van der Waals surface area contributed by atoms with Gasteiger partial charge in [0, 0.05) is 16.4 Å². The second-order valence-electron chi connectivity index (χ2n) is 7.51. The number of carbonyl (C=O) groups excluding carboxylic acids is 1. The lowest BCUT2D eigenvalue weighted by molar-refractivity contribution is -0.116. The highest BCUT2D eigenvalue weighted by atomic mass is 35.5.